The summed E-state index contributed by atoms with van der Waals surface area (Å²) in [5.41, 5.74) is 5.62. The fraction of sp³-hybridized carbons (Fsp3) is 0.773. The van der Waals surface area contributed by atoms with Crippen LogP contribution in [0.2, 0.25) is 0 Å². The Morgan fingerprint density at radius 3 is 2.20 bits per heavy atom. The Morgan fingerprint density at radius 1 is 0.920 bits per heavy atom. The molecule has 0 fully saturated rings. The lowest BCUT2D eigenvalue weighted by Gasteiger charge is -2.16. The summed E-state index contributed by atoms with van der Waals surface area (Å²) in [6.07, 6.45) is 25.4. The molecule has 25 heavy (non-hydrogen) atoms. The van der Waals surface area contributed by atoms with Crippen LogP contribution in [-0.4, -0.2) is 36.9 Å². The third-order valence-corrected chi connectivity index (χ3v) is 4.83. The van der Waals surface area contributed by atoms with Gasteiger partial charge in [-0.05, 0) is 18.9 Å². The van der Waals surface area contributed by atoms with Gasteiger partial charge in [0.05, 0.1) is 6.54 Å². The van der Waals surface area contributed by atoms with E-state index < -0.39 is 0 Å². The van der Waals surface area contributed by atoms with Crippen LogP contribution >= 0.6 is 0 Å². The van der Waals surface area contributed by atoms with Crippen molar-refractivity contribution in [1.82, 2.24) is 4.90 Å². The summed E-state index contributed by atoms with van der Waals surface area (Å²) in [5.74, 6) is 1.09. The van der Waals surface area contributed by atoms with Gasteiger partial charge in [0.2, 0.25) is 0 Å². The van der Waals surface area contributed by atoms with E-state index in [1.807, 2.05) is 0 Å². The zero-order chi connectivity index (χ0) is 18.0. The predicted octanol–water partition coefficient (Wildman–Crippen LogP) is 5.47. The Kier molecular flexibility index (Phi) is 14.4. The molecule has 0 atom stereocenters. The van der Waals surface area contributed by atoms with E-state index in [9.17, 15) is 0 Å². The fourth-order valence-electron chi connectivity index (χ4n) is 3.28. The summed E-state index contributed by atoms with van der Waals surface area (Å²) in [5, 5.41) is 0. The molecule has 0 aromatic heterocycles. The third kappa shape index (κ3) is 12.0. The molecule has 1 rings (SSSR count). The number of amidine groups is 1. The number of hydrogen-bond donors (Lipinski definition) is 1. The largest absolute Gasteiger partial charge is 0.354 e. The predicted molar refractivity (Wildman–Crippen MR) is 112 cm³/mol. The van der Waals surface area contributed by atoms with E-state index in [1.165, 1.54) is 77.0 Å². The molecule has 0 bridgehead atoms. The van der Waals surface area contributed by atoms with E-state index in [1.54, 1.807) is 0 Å². The number of nitrogens with two attached hydrogens (primary N) is 1. The Bertz CT molecular complexity index is 385. The van der Waals surface area contributed by atoms with Crippen LogP contribution < -0.4 is 5.73 Å². The summed E-state index contributed by atoms with van der Waals surface area (Å²) in [4.78, 5) is 6.76. The molecule has 0 aromatic carbocycles. The van der Waals surface area contributed by atoms with Crippen molar-refractivity contribution in [2.75, 3.05) is 26.2 Å². The van der Waals surface area contributed by atoms with Crippen LogP contribution in [-0.2, 0) is 0 Å². The highest BCUT2D eigenvalue weighted by Gasteiger charge is 2.12. The second-order valence-electron chi connectivity index (χ2n) is 7.13. The Hall–Kier alpha value is -1.09. The molecule has 0 amide bonds. The Morgan fingerprint density at radius 2 is 1.56 bits per heavy atom. The molecule has 0 saturated heterocycles. The minimum Gasteiger partial charge on any atom is -0.354 e. The average molecular weight is 348 g/mol. The van der Waals surface area contributed by atoms with Gasteiger partial charge in [0, 0.05) is 19.6 Å². The molecule has 0 spiro atoms. The van der Waals surface area contributed by atoms with Crippen LogP contribution in [0.3, 0.4) is 0 Å². The van der Waals surface area contributed by atoms with Gasteiger partial charge < -0.3 is 10.6 Å². The van der Waals surface area contributed by atoms with Crippen LogP contribution in [0.15, 0.2) is 29.3 Å². The van der Waals surface area contributed by atoms with Gasteiger partial charge in [-0.2, -0.15) is 0 Å². The Labute approximate surface area is 156 Å². The molecular weight excluding hydrogens is 306 g/mol. The SMILES string of the molecule is CCCCCCCCCCCCCC=CC=CC1=NCCN1CCN. The molecule has 1 aliphatic rings. The first kappa shape index (κ1) is 22.0. The molecule has 0 aliphatic carbocycles. The number of nitrogens with zero attached hydrogens (tertiary/aromatic N) is 2. The van der Waals surface area contributed by atoms with E-state index in [2.05, 4.69) is 41.1 Å². The van der Waals surface area contributed by atoms with Gasteiger partial charge in [0.15, 0.2) is 0 Å². The van der Waals surface area contributed by atoms with Gasteiger partial charge in [0.25, 0.3) is 0 Å². The normalized spacial score (nSPS) is 15.0. The number of allylic oxidation sites excluding steroid dienone is 3. The van der Waals surface area contributed by atoms with E-state index in [4.69, 9.17) is 5.73 Å². The summed E-state index contributed by atoms with van der Waals surface area (Å²) < 4.78 is 0. The second kappa shape index (κ2) is 16.4. The Balaban J connectivity index is 1.89. The summed E-state index contributed by atoms with van der Waals surface area (Å²) >= 11 is 0. The molecule has 0 unspecified atom stereocenters. The average Bonchev–Trinajstić information content (AvgIpc) is 3.06. The quantitative estimate of drug-likeness (QED) is 0.297. The number of aliphatic imine (C=N–C) groups is 1. The molecule has 3 heteroatoms. The molecule has 2 N–H and O–H groups in total. The first-order chi connectivity index (χ1) is 12.4. The van der Waals surface area contributed by atoms with Crippen LogP contribution in [0.4, 0.5) is 0 Å². The highest BCUT2D eigenvalue weighted by atomic mass is 15.2. The van der Waals surface area contributed by atoms with Gasteiger partial charge in [-0.25, -0.2) is 0 Å². The van der Waals surface area contributed by atoms with Gasteiger partial charge in [-0.15, -0.1) is 0 Å². The van der Waals surface area contributed by atoms with Crippen molar-refractivity contribution >= 4 is 5.84 Å². The number of hydrogen-bond acceptors (Lipinski definition) is 3. The van der Waals surface area contributed by atoms with Crippen molar-refractivity contribution < 1.29 is 0 Å². The zero-order valence-electron chi connectivity index (χ0n) is 16.6. The second-order valence-corrected chi connectivity index (χ2v) is 7.13. The summed E-state index contributed by atoms with van der Waals surface area (Å²) in [6.45, 7) is 5.81. The van der Waals surface area contributed by atoms with Crippen LogP contribution in [0.25, 0.3) is 0 Å². The van der Waals surface area contributed by atoms with Gasteiger partial charge >= 0.3 is 0 Å². The fourth-order valence-corrected chi connectivity index (χ4v) is 3.28. The maximum absolute atomic E-state index is 5.62. The van der Waals surface area contributed by atoms with Crippen molar-refractivity contribution in [3.05, 3.63) is 24.3 Å². The molecular formula is C22H41N3. The van der Waals surface area contributed by atoms with Crippen molar-refractivity contribution in [2.24, 2.45) is 10.7 Å². The van der Waals surface area contributed by atoms with E-state index in [0.717, 1.165) is 25.5 Å². The molecule has 1 heterocycles. The lowest BCUT2D eigenvalue weighted by Crippen LogP contribution is -2.31. The number of unbranched alkanes of at least 4 members (excludes halogenated alkanes) is 11. The van der Waals surface area contributed by atoms with Crippen LogP contribution in [0.5, 0.6) is 0 Å². The topological polar surface area (TPSA) is 41.6 Å². The maximum Gasteiger partial charge on any atom is 0.123 e. The van der Waals surface area contributed by atoms with Crippen molar-refractivity contribution in [2.45, 2.75) is 84.0 Å². The first-order valence-corrected chi connectivity index (χ1v) is 10.7. The van der Waals surface area contributed by atoms with Crippen molar-refractivity contribution in [1.29, 1.82) is 0 Å². The minimum atomic E-state index is 0.696. The summed E-state index contributed by atoms with van der Waals surface area (Å²) in [7, 11) is 0. The van der Waals surface area contributed by atoms with E-state index >= 15 is 0 Å². The maximum atomic E-state index is 5.62. The lowest BCUT2D eigenvalue weighted by atomic mass is 10.1. The molecule has 0 radical (unpaired) electrons. The van der Waals surface area contributed by atoms with E-state index in [0.29, 0.717) is 6.54 Å². The zero-order valence-corrected chi connectivity index (χ0v) is 16.6. The van der Waals surface area contributed by atoms with Gasteiger partial charge in [0.1, 0.15) is 5.84 Å². The smallest absolute Gasteiger partial charge is 0.123 e. The van der Waals surface area contributed by atoms with Crippen molar-refractivity contribution in [3.8, 4) is 0 Å². The van der Waals surface area contributed by atoms with Crippen LogP contribution in [0.1, 0.15) is 84.0 Å². The highest BCUT2D eigenvalue weighted by Crippen LogP contribution is 2.12. The van der Waals surface area contributed by atoms with E-state index in [-0.39, 0.29) is 0 Å². The molecule has 0 aromatic rings. The minimum absolute atomic E-state index is 0.696. The third-order valence-electron chi connectivity index (χ3n) is 4.83. The number of rotatable bonds is 16. The molecule has 3 nitrogen and oxygen atoms in total. The highest BCUT2D eigenvalue weighted by molar-refractivity contribution is 5.94. The van der Waals surface area contributed by atoms with Crippen molar-refractivity contribution in [3.63, 3.8) is 0 Å². The molecule has 1 aliphatic heterocycles. The standard InChI is InChI=1S/C22H41N3/c1-2-3-4-5-6-7-8-9-10-11-12-13-14-15-16-17-22-24-19-21-25(22)20-18-23/h14-17H,2-13,18-21,23H2,1H3. The molecule has 144 valence electrons. The van der Waals surface area contributed by atoms with Gasteiger partial charge in [-0.1, -0.05) is 89.4 Å². The summed E-state index contributed by atoms with van der Waals surface area (Å²) in [6, 6.07) is 0. The first-order valence-electron chi connectivity index (χ1n) is 10.7. The van der Waals surface area contributed by atoms with Gasteiger partial charge in [-0.3, -0.25) is 4.99 Å². The van der Waals surface area contributed by atoms with Crippen LogP contribution in [0, 0.1) is 0 Å². The monoisotopic (exact) mass is 347 g/mol. The molecule has 0 saturated carbocycles. The lowest BCUT2D eigenvalue weighted by molar-refractivity contribution is 0.470.